The van der Waals surface area contributed by atoms with Crippen molar-refractivity contribution in [2.24, 2.45) is 12.9 Å². The third-order valence-corrected chi connectivity index (χ3v) is 3.52. The minimum absolute atomic E-state index is 0.280. The van der Waals surface area contributed by atoms with Crippen LogP contribution in [0.5, 0.6) is 0 Å². The molecule has 2 aromatic rings. The standard InChI is InChI=1S/C12H15BrFN5/c1-19-12(15)9(6-17-19)11(18-16)4-7-2-3-8(13)5-10(7)14/h2-3,5-6,11,18H,4,15-16H2,1H3. The molecular weight excluding hydrogens is 313 g/mol. The van der Waals surface area contributed by atoms with E-state index in [2.05, 4.69) is 26.5 Å². The molecule has 0 radical (unpaired) electrons. The van der Waals surface area contributed by atoms with Crippen LogP contribution in [0.15, 0.2) is 28.9 Å². The Kier molecular flexibility index (Phi) is 4.18. The summed E-state index contributed by atoms with van der Waals surface area (Å²) in [5.74, 6) is 5.77. The maximum absolute atomic E-state index is 13.8. The van der Waals surface area contributed by atoms with Crippen LogP contribution < -0.4 is 17.0 Å². The molecule has 0 aliphatic heterocycles. The Bertz CT molecular complexity index is 583. The minimum atomic E-state index is -0.288. The third kappa shape index (κ3) is 2.94. The van der Waals surface area contributed by atoms with Crippen molar-refractivity contribution in [3.8, 4) is 0 Å². The summed E-state index contributed by atoms with van der Waals surface area (Å²) >= 11 is 3.23. The van der Waals surface area contributed by atoms with Gasteiger partial charge in [-0.05, 0) is 24.1 Å². The van der Waals surface area contributed by atoms with E-state index in [-0.39, 0.29) is 11.9 Å². The highest BCUT2D eigenvalue weighted by atomic mass is 79.9. The van der Waals surface area contributed by atoms with Crippen molar-refractivity contribution in [1.82, 2.24) is 15.2 Å². The summed E-state index contributed by atoms with van der Waals surface area (Å²) in [5, 5.41) is 4.06. The predicted octanol–water partition coefficient (Wildman–Crippen LogP) is 1.65. The monoisotopic (exact) mass is 327 g/mol. The molecule has 1 atom stereocenters. The van der Waals surface area contributed by atoms with E-state index in [1.54, 1.807) is 30.1 Å². The first-order valence-electron chi connectivity index (χ1n) is 5.70. The van der Waals surface area contributed by atoms with Crippen LogP contribution in [-0.2, 0) is 13.5 Å². The molecular formula is C12H15BrFN5. The number of benzene rings is 1. The molecule has 0 aliphatic carbocycles. The number of nitrogens with zero attached hydrogens (tertiary/aromatic N) is 2. The van der Waals surface area contributed by atoms with E-state index in [0.717, 1.165) is 5.56 Å². The number of nitrogens with one attached hydrogen (secondary N) is 1. The first-order chi connectivity index (χ1) is 9.02. The van der Waals surface area contributed by atoms with Crippen LogP contribution in [0.3, 0.4) is 0 Å². The summed E-state index contributed by atoms with van der Waals surface area (Å²) in [4.78, 5) is 0. The summed E-state index contributed by atoms with van der Waals surface area (Å²) in [6.07, 6.45) is 2.03. The lowest BCUT2D eigenvalue weighted by atomic mass is 10.0. The maximum atomic E-state index is 13.8. The van der Waals surface area contributed by atoms with Gasteiger partial charge in [0.25, 0.3) is 0 Å². The van der Waals surface area contributed by atoms with Crippen molar-refractivity contribution in [2.45, 2.75) is 12.5 Å². The van der Waals surface area contributed by atoms with Gasteiger partial charge in [0.2, 0.25) is 0 Å². The number of nitrogens with two attached hydrogens (primary N) is 2. The van der Waals surface area contributed by atoms with E-state index in [1.165, 1.54) is 6.07 Å². The Hall–Kier alpha value is -1.44. The Morgan fingerprint density at radius 1 is 1.53 bits per heavy atom. The zero-order valence-electron chi connectivity index (χ0n) is 10.4. The largest absolute Gasteiger partial charge is 0.384 e. The summed E-state index contributed by atoms with van der Waals surface area (Å²) in [6, 6.07) is 4.65. The topological polar surface area (TPSA) is 81.9 Å². The van der Waals surface area contributed by atoms with E-state index >= 15 is 0 Å². The van der Waals surface area contributed by atoms with Crippen LogP contribution in [0.1, 0.15) is 17.2 Å². The lowest BCUT2D eigenvalue weighted by Crippen LogP contribution is -2.30. The number of hydrogen-bond donors (Lipinski definition) is 3. The lowest BCUT2D eigenvalue weighted by Gasteiger charge is -2.16. The molecule has 0 saturated carbocycles. The van der Waals surface area contributed by atoms with Gasteiger partial charge >= 0.3 is 0 Å². The molecule has 19 heavy (non-hydrogen) atoms. The van der Waals surface area contributed by atoms with Crippen LogP contribution in [0.2, 0.25) is 0 Å². The van der Waals surface area contributed by atoms with Crippen LogP contribution in [0, 0.1) is 5.82 Å². The molecule has 1 heterocycles. The van der Waals surface area contributed by atoms with Gasteiger partial charge < -0.3 is 5.73 Å². The van der Waals surface area contributed by atoms with E-state index in [1.807, 2.05) is 0 Å². The SMILES string of the molecule is Cn1ncc(C(Cc2ccc(Br)cc2F)NN)c1N. The van der Waals surface area contributed by atoms with Gasteiger partial charge in [0.1, 0.15) is 11.6 Å². The molecule has 0 saturated heterocycles. The highest BCUT2D eigenvalue weighted by Gasteiger charge is 2.18. The highest BCUT2D eigenvalue weighted by Crippen LogP contribution is 2.25. The van der Waals surface area contributed by atoms with Gasteiger partial charge in [-0.2, -0.15) is 5.10 Å². The third-order valence-electron chi connectivity index (χ3n) is 3.03. The first-order valence-corrected chi connectivity index (χ1v) is 6.49. The van der Waals surface area contributed by atoms with E-state index in [0.29, 0.717) is 22.3 Å². The number of anilines is 1. The average Bonchev–Trinajstić information content (AvgIpc) is 2.70. The van der Waals surface area contributed by atoms with Crippen LogP contribution in [0.25, 0.3) is 0 Å². The van der Waals surface area contributed by atoms with E-state index in [4.69, 9.17) is 11.6 Å². The molecule has 1 aromatic heterocycles. The van der Waals surface area contributed by atoms with Crippen molar-refractivity contribution in [1.29, 1.82) is 0 Å². The van der Waals surface area contributed by atoms with Crippen LogP contribution in [-0.4, -0.2) is 9.78 Å². The smallest absolute Gasteiger partial charge is 0.127 e. The van der Waals surface area contributed by atoms with Crippen molar-refractivity contribution in [3.63, 3.8) is 0 Å². The highest BCUT2D eigenvalue weighted by molar-refractivity contribution is 9.10. The molecule has 0 bridgehead atoms. The number of halogens is 2. The quantitative estimate of drug-likeness (QED) is 0.589. The molecule has 2 rings (SSSR count). The van der Waals surface area contributed by atoms with Crippen molar-refractivity contribution in [3.05, 3.63) is 45.8 Å². The molecule has 102 valence electrons. The molecule has 1 unspecified atom stereocenters. The van der Waals surface area contributed by atoms with Gasteiger partial charge in [-0.25, -0.2) is 4.39 Å². The van der Waals surface area contributed by atoms with Crippen molar-refractivity contribution in [2.75, 3.05) is 5.73 Å². The van der Waals surface area contributed by atoms with Crippen molar-refractivity contribution >= 4 is 21.7 Å². The van der Waals surface area contributed by atoms with Gasteiger partial charge in [-0.1, -0.05) is 22.0 Å². The van der Waals surface area contributed by atoms with E-state index < -0.39 is 0 Å². The number of nitrogen functional groups attached to an aromatic ring is 1. The molecule has 5 N–H and O–H groups in total. The fourth-order valence-electron chi connectivity index (χ4n) is 1.90. The predicted molar refractivity (Wildman–Crippen MR) is 75.5 cm³/mol. The van der Waals surface area contributed by atoms with Gasteiger partial charge in [-0.3, -0.25) is 16.0 Å². The van der Waals surface area contributed by atoms with Gasteiger partial charge in [0.05, 0.1) is 12.2 Å². The normalized spacial score (nSPS) is 12.6. The molecule has 7 heteroatoms. The van der Waals surface area contributed by atoms with Gasteiger partial charge in [0, 0.05) is 17.1 Å². The van der Waals surface area contributed by atoms with Gasteiger partial charge in [0.15, 0.2) is 0 Å². The fraction of sp³-hybridized carbons (Fsp3) is 0.250. The van der Waals surface area contributed by atoms with Gasteiger partial charge in [-0.15, -0.1) is 0 Å². The average molecular weight is 328 g/mol. The number of hydrogen-bond acceptors (Lipinski definition) is 4. The van der Waals surface area contributed by atoms with Crippen LogP contribution in [0.4, 0.5) is 10.2 Å². The second kappa shape index (κ2) is 5.68. The molecule has 0 spiro atoms. The molecule has 5 nitrogen and oxygen atoms in total. The minimum Gasteiger partial charge on any atom is -0.384 e. The molecule has 0 fully saturated rings. The second-order valence-electron chi connectivity index (χ2n) is 4.27. The molecule has 0 amide bonds. The second-order valence-corrected chi connectivity index (χ2v) is 5.18. The fourth-order valence-corrected chi connectivity index (χ4v) is 2.23. The summed E-state index contributed by atoms with van der Waals surface area (Å²) in [5.41, 5.74) is 9.87. The number of rotatable bonds is 4. The Morgan fingerprint density at radius 3 is 2.79 bits per heavy atom. The maximum Gasteiger partial charge on any atom is 0.127 e. The number of hydrazine groups is 1. The summed E-state index contributed by atoms with van der Waals surface area (Å²) < 4.78 is 16.1. The first kappa shape index (κ1) is 14.0. The Balaban J connectivity index is 2.26. The van der Waals surface area contributed by atoms with E-state index in [9.17, 15) is 4.39 Å². The van der Waals surface area contributed by atoms with Crippen LogP contribution >= 0.6 is 15.9 Å². The molecule has 1 aromatic carbocycles. The summed E-state index contributed by atoms with van der Waals surface area (Å²) in [6.45, 7) is 0. The Morgan fingerprint density at radius 2 is 2.26 bits per heavy atom. The number of aryl methyl sites for hydroxylation is 1. The zero-order chi connectivity index (χ0) is 14.0. The molecule has 0 aliphatic rings. The summed E-state index contributed by atoms with van der Waals surface area (Å²) in [7, 11) is 1.74. The lowest BCUT2D eigenvalue weighted by molar-refractivity contribution is 0.530. The zero-order valence-corrected chi connectivity index (χ0v) is 12.0. The number of aromatic nitrogens is 2. The van der Waals surface area contributed by atoms with Crippen molar-refractivity contribution < 1.29 is 4.39 Å². The Labute approximate surface area is 118 Å².